The smallest absolute Gasteiger partial charge is 0.169 e. The van der Waals surface area contributed by atoms with Crippen LogP contribution in [0.4, 0.5) is 0 Å². The first-order chi connectivity index (χ1) is 9.50. The van der Waals surface area contributed by atoms with Crippen molar-refractivity contribution in [1.82, 2.24) is 4.90 Å². The number of rotatable bonds is 2. The van der Waals surface area contributed by atoms with Crippen LogP contribution in [-0.4, -0.2) is 30.3 Å². The number of halogens is 1. The third kappa shape index (κ3) is 2.46. The summed E-state index contributed by atoms with van der Waals surface area (Å²) in [5.41, 5.74) is 2.10. The van der Waals surface area contributed by atoms with Crippen LogP contribution >= 0.6 is 15.9 Å². The Morgan fingerprint density at radius 2 is 2.00 bits per heavy atom. The van der Waals surface area contributed by atoms with Gasteiger partial charge in [-0.2, -0.15) is 0 Å². The van der Waals surface area contributed by atoms with Crippen LogP contribution < -0.4 is 0 Å². The van der Waals surface area contributed by atoms with E-state index in [1.165, 1.54) is 5.56 Å². The molecular formula is C17H22BrNO. The molecule has 0 atom stereocenters. The largest absolute Gasteiger partial charge is 0.303 e. The lowest BCUT2D eigenvalue weighted by molar-refractivity contribution is 0.0617. The van der Waals surface area contributed by atoms with E-state index in [9.17, 15) is 4.79 Å². The summed E-state index contributed by atoms with van der Waals surface area (Å²) in [5, 5.41) is 0. The molecule has 1 aliphatic heterocycles. The summed E-state index contributed by atoms with van der Waals surface area (Å²) in [6, 6.07) is 6.18. The maximum Gasteiger partial charge on any atom is 0.169 e. The fourth-order valence-electron chi connectivity index (χ4n) is 3.73. The third-order valence-corrected chi connectivity index (χ3v) is 5.26. The third-order valence-electron chi connectivity index (χ3n) is 4.76. The van der Waals surface area contributed by atoms with Crippen LogP contribution in [-0.2, 0) is 6.42 Å². The van der Waals surface area contributed by atoms with Crippen molar-refractivity contribution in [3.8, 4) is 0 Å². The van der Waals surface area contributed by atoms with Gasteiger partial charge in [0.15, 0.2) is 5.78 Å². The first-order valence-corrected chi connectivity index (χ1v) is 8.35. The van der Waals surface area contributed by atoms with Gasteiger partial charge in [-0.1, -0.05) is 35.8 Å². The molecule has 0 aromatic heterocycles. The molecule has 0 N–H and O–H groups in total. The standard InChI is InChI=1S/C17H22BrNO/c1-12(2)11-19-7-5-17(6-8-19)10-13-3-4-14(18)9-15(13)16(17)20/h3-4,9,12H,5-8,10-11H2,1-2H3. The van der Waals surface area contributed by atoms with Gasteiger partial charge >= 0.3 is 0 Å². The Balaban J connectivity index is 1.76. The number of carbonyl (C=O) groups excluding carboxylic acids is 1. The quantitative estimate of drug-likeness (QED) is 0.816. The van der Waals surface area contributed by atoms with E-state index in [-0.39, 0.29) is 5.41 Å². The highest BCUT2D eigenvalue weighted by Gasteiger charge is 2.46. The zero-order chi connectivity index (χ0) is 14.3. The molecule has 1 fully saturated rings. The van der Waals surface area contributed by atoms with Gasteiger partial charge in [0.1, 0.15) is 0 Å². The molecule has 108 valence electrons. The van der Waals surface area contributed by atoms with Crippen LogP contribution in [0.5, 0.6) is 0 Å². The van der Waals surface area contributed by atoms with Crippen LogP contribution in [0.1, 0.15) is 42.6 Å². The highest BCUT2D eigenvalue weighted by Crippen LogP contribution is 2.45. The first kappa shape index (κ1) is 14.3. The van der Waals surface area contributed by atoms with E-state index in [0.29, 0.717) is 11.7 Å². The second-order valence-electron chi connectivity index (χ2n) is 6.78. The summed E-state index contributed by atoms with van der Waals surface area (Å²) < 4.78 is 1.01. The molecule has 1 heterocycles. The molecule has 3 rings (SSSR count). The van der Waals surface area contributed by atoms with Crippen molar-refractivity contribution < 1.29 is 4.79 Å². The maximum atomic E-state index is 12.8. The van der Waals surface area contributed by atoms with Gasteiger partial charge in [-0.25, -0.2) is 0 Å². The fourth-order valence-corrected chi connectivity index (χ4v) is 4.09. The van der Waals surface area contributed by atoms with E-state index in [0.717, 1.165) is 48.9 Å². The number of hydrogen-bond acceptors (Lipinski definition) is 2. The predicted molar refractivity (Wildman–Crippen MR) is 85.1 cm³/mol. The summed E-state index contributed by atoms with van der Waals surface area (Å²) in [4.78, 5) is 15.3. The molecule has 1 aromatic carbocycles. The molecule has 0 saturated carbocycles. The van der Waals surface area contributed by atoms with Crippen LogP contribution in [0.25, 0.3) is 0 Å². The average Bonchev–Trinajstić information content (AvgIpc) is 2.66. The molecule has 0 unspecified atom stereocenters. The molecule has 3 heteroatoms. The van der Waals surface area contributed by atoms with Crippen LogP contribution in [0.15, 0.2) is 22.7 Å². The molecule has 2 nitrogen and oxygen atoms in total. The molecule has 1 aliphatic carbocycles. The van der Waals surface area contributed by atoms with E-state index < -0.39 is 0 Å². The van der Waals surface area contributed by atoms with Gasteiger partial charge in [-0.05, 0) is 56.0 Å². The lowest BCUT2D eigenvalue weighted by Gasteiger charge is -2.38. The Kier molecular flexibility index (Phi) is 3.76. The summed E-state index contributed by atoms with van der Waals surface area (Å²) in [6.45, 7) is 7.82. The maximum absolute atomic E-state index is 12.8. The number of carbonyl (C=O) groups is 1. The highest BCUT2D eigenvalue weighted by molar-refractivity contribution is 9.10. The number of ketones is 1. The summed E-state index contributed by atoms with van der Waals surface area (Å²) in [6.07, 6.45) is 2.99. The molecule has 2 aliphatic rings. The molecule has 0 bridgehead atoms. The lowest BCUT2D eigenvalue weighted by atomic mass is 9.75. The first-order valence-electron chi connectivity index (χ1n) is 7.56. The van der Waals surface area contributed by atoms with Crippen molar-refractivity contribution in [1.29, 1.82) is 0 Å². The Morgan fingerprint density at radius 3 is 2.65 bits per heavy atom. The van der Waals surface area contributed by atoms with E-state index >= 15 is 0 Å². The minimum absolute atomic E-state index is 0.101. The topological polar surface area (TPSA) is 20.3 Å². The second kappa shape index (κ2) is 5.27. The number of piperidine rings is 1. The summed E-state index contributed by atoms with van der Waals surface area (Å²) in [7, 11) is 0. The fraction of sp³-hybridized carbons (Fsp3) is 0.588. The van der Waals surface area contributed by atoms with Crippen molar-refractivity contribution in [3.63, 3.8) is 0 Å². The number of Topliss-reactive ketones (excluding diaryl/α,β-unsaturated/α-hetero) is 1. The van der Waals surface area contributed by atoms with Gasteiger partial charge in [0, 0.05) is 22.0 Å². The van der Waals surface area contributed by atoms with Gasteiger partial charge in [0.05, 0.1) is 0 Å². The minimum Gasteiger partial charge on any atom is -0.303 e. The average molecular weight is 336 g/mol. The SMILES string of the molecule is CC(C)CN1CCC2(CC1)Cc1ccc(Br)cc1C2=O. The van der Waals surface area contributed by atoms with Crippen molar-refractivity contribution in [2.75, 3.05) is 19.6 Å². The lowest BCUT2D eigenvalue weighted by Crippen LogP contribution is -2.44. The van der Waals surface area contributed by atoms with Gasteiger partial charge < -0.3 is 4.90 Å². The molecule has 0 radical (unpaired) electrons. The van der Waals surface area contributed by atoms with E-state index in [1.807, 2.05) is 6.07 Å². The summed E-state index contributed by atoms with van der Waals surface area (Å²) in [5.74, 6) is 1.09. The predicted octanol–water partition coefficient (Wildman–Crippen LogP) is 3.93. The molecule has 1 aromatic rings. The van der Waals surface area contributed by atoms with Gasteiger partial charge in [-0.15, -0.1) is 0 Å². The molecule has 1 spiro atoms. The second-order valence-corrected chi connectivity index (χ2v) is 7.70. The van der Waals surface area contributed by atoms with Crippen molar-refractivity contribution >= 4 is 21.7 Å². The van der Waals surface area contributed by atoms with Crippen molar-refractivity contribution in [2.45, 2.75) is 33.1 Å². The van der Waals surface area contributed by atoms with Crippen LogP contribution in [0.3, 0.4) is 0 Å². The molecule has 1 saturated heterocycles. The number of likely N-dealkylation sites (tertiary alicyclic amines) is 1. The number of benzene rings is 1. The van der Waals surface area contributed by atoms with E-state index in [4.69, 9.17) is 0 Å². The monoisotopic (exact) mass is 335 g/mol. The van der Waals surface area contributed by atoms with Crippen LogP contribution in [0, 0.1) is 11.3 Å². The van der Waals surface area contributed by atoms with E-state index in [2.05, 4.69) is 46.8 Å². The zero-order valence-corrected chi connectivity index (χ0v) is 13.9. The Hall–Kier alpha value is -0.670. The summed E-state index contributed by atoms with van der Waals surface area (Å²) >= 11 is 3.48. The molecular weight excluding hydrogens is 314 g/mol. The highest BCUT2D eigenvalue weighted by atomic mass is 79.9. The number of nitrogens with zero attached hydrogens (tertiary/aromatic N) is 1. The Morgan fingerprint density at radius 1 is 1.30 bits per heavy atom. The number of fused-ring (bicyclic) bond motifs is 1. The Bertz CT molecular complexity index is 530. The van der Waals surface area contributed by atoms with Crippen molar-refractivity contribution in [3.05, 3.63) is 33.8 Å². The van der Waals surface area contributed by atoms with Gasteiger partial charge in [-0.3, -0.25) is 4.79 Å². The van der Waals surface area contributed by atoms with Gasteiger partial charge in [0.25, 0.3) is 0 Å². The normalized spacial score (nSPS) is 21.7. The zero-order valence-electron chi connectivity index (χ0n) is 12.3. The van der Waals surface area contributed by atoms with E-state index in [1.54, 1.807) is 0 Å². The number of hydrogen-bond donors (Lipinski definition) is 0. The molecule has 20 heavy (non-hydrogen) atoms. The van der Waals surface area contributed by atoms with Crippen LogP contribution in [0.2, 0.25) is 0 Å². The minimum atomic E-state index is -0.101. The van der Waals surface area contributed by atoms with Gasteiger partial charge in [0.2, 0.25) is 0 Å². The van der Waals surface area contributed by atoms with Crippen molar-refractivity contribution in [2.24, 2.45) is 11.3 Å². The Labute approximate surface area is 129 Å². The molecule has 0 amide bonds.